The van der Waals surface area contributed by atoms with E-state index in [1.807, 2.05) is 11.3 Å². The maximum Gasteiger partial charge on any atom is 0.0406 e. The van der Waals surface area contributed by atoms with Gasteiger partial charge in [0.25, 0.3) is 0 Å². The van der Waals surface area contributed by atoms with Gasteiger partial charge in [-0.25, -0.2) is 0 Å². The highest BCUT2D eigenvalue weighted by atomic mass is 32.1. The average molecular weight is 295 g/mol. The zero-order valence-electron chi connectivity index (χ0n) is 12.4. The third-order valence-corrected chi connectivity index (χ3v) is 4.65. The molecule has 2 heteroatoms. The van der Waals surface area contributed by atoms with Crippen molar-refractivity contribution >= 4 is 34.9 Å². The van der Waals surface area contributed by atoms with E-state index in [-0.39, 0.29) is 0 Å². The molecule has 0 aliphatic rings. The van der Waals surface area contributed by atoms with Crippen molar-refractivity contribution in [1.29, 1.82) is 0 Å². The van der Waals surface area contributed by atoms with Crippen molar-refractivity contribution in [3.05, 3.63) is 34.0 Å². The summed E-state index contributed by atoms with van der Waals surface area (Å²) in [6.07, 6.45) is 11.0. The van der Waals surface area contributed by atoms with E-state index in [1.54, 1.807) is 0 Å². The van der Waals surface area contributed by atoms with E-state index < -0.39 is 0 Å². The SMILES string of the molecule is C=C(S)c1cc(CCCCCC)c(/C=C/C(C)C)s1. The van der Waals surface area contributed by atoms with Crippen LogP contribution in [0.4, 0.5) is 0 Å². The number of aryl methyl sites for hydroxylation is 1. The van der Waals surface area contributed by atoms with Crippen molar-refractivity contribution in [3.8, 4) is 0 Å². The van der Waals surface area contributed by atoms with Gasteiger partial charge in [0.1, 0.15) is 0 Å². The molecule has 0 saturated heterocycles. The Labute approximate surface area is 128 Å². The van der Waals surface area contributed by atoms with Crippen LogP contribution in [0.25, 0.3) is 11.0 Å². The molecule has 19 heavy (non-hydrogen) atoms. The van der Waals surface area contributed by atoms with Crippen LogP contribution in [0, 0.1) is 5.92 Å². The van der Waals surface area contributed by atoms with E-state index >= 15 is 0 Å². The summed E-state index contributed by atoms with van der Waals surface area (Å²) >= 11 is 6.18. The summed E-state index contributed by atoms with van der Waals surface area (Å²) in [6, 6.07) is 2.27. The van der Waals surface area contributed by atoms with Crippen molar-refractivity contribution < 1.29 is 0 Å². The molecule has 0 aliphatic heterocycles. The van der Waals surface area contributed by atoms with E-state index in [2.05, 4.69) is 58.2 Å². The van der Waals surface area contributed by atoms with Gasteiger partial charge in [-0.1, -0.05) is 52.7 Å². The molecule has 0 saturated carbocycles. The molecule has 0 N–H and O–H groups in total. The predicted molar refractivity (Wildman–Crippen MR) is 94.1 cm³/mol. The predicted octanol–water partition coefficient (Wildman–Crippen LogP) is 6.44. The van der Waals surface area contributed by atoms with Crippen LogP contribution in [0.2, 0.25) is 0 Å². The average Bonchev–Trinajstić information content (AvgIpc) is 2.75. The molecule has 106 valence electrons. The van der Waals surface area contributed by atoms with Gasteiger partial charge in [0.15, 0.2) is 0 Å². The lowest BCUT2D eigenvalue weighted by atomic mass is 10.1. The summed E-state index contributed by atoms with van der Waals surface area (Å²) in [6.45, 7) is 10.6. The first-order valence-electron chi connectivity index (χ1n) is 7.23. The fourth-order valence-electron chi connectivity index (χ4n) is 1.94. The second-order valence-electron chi connectivity index (χ2n) is 5.36. The molecule has 1 rings (SSSR count). The molecule has 0 unspecified atom stereocenters. The number of rotatable bonds is 8. The maximum atomic E-state index is 4.37. The van der Waals surface area contributed by atoms with E-state index in [9.17, 15) is 0 Å². The highest BCUT2D eigenvalue weighted by molar-refractivity contribution is 7.90. The number of allylic oxidation sites excluding steroid dienone is 1. The van der Waals surface area contributed by atoms with Crippen LogP contribution in [0.15, 0.2) is 18.7 Å². The van der Waals surface area contributed by atoms with Gasteiger partial charge in [-0.2, -0.15) is 0 Å². The first-order chi connectivity index (χ1) is 9.04. The molecule has 1 aromatic heterocycles. The minimum absolute atomic E-state index is 0.595. The number of hydrogen-bond acceptors (Lipinski definition) is 2. The first-order valence-corrected chi connectivity index (χ1v) is 8.50. The summed E-state index contributed by atoms with van der Waals surface area (Å²) in [5, 5.41) is 0. The van der Waals surface area contributed by atoms with E-state index in [4.69, 9.17) is 0 Å². The zero-order valence-corrected chi connectivity index (χ0v) is 14.1. The summed E-state index contributed by atoms with van der Waals surface area (Å²) in [4.78, 5) is 3.47. The molecule has 0 nitrogen and oxygen atoms in total. The van der Waals surface area contributed by atoms with E-state index in [1.165, 1.54) is 47.4 Å². The van der Waals surface area contributed by atoms with Crippen molar-refractivity contribution in [1.82, 2.24) is 0 Å². The van der Waals surface area contributed by atoms with Gasteiger partial charge in [-0.15, -0.1) is 24.0 Å². The molecular formula is C17H26S2. The molecule has 1 aromatic rings. The Hall–Kier alpha value is -0.470. The molecule has 0 radical (unpaired) electrons. The normalized spacial score (nSPS) is 11.6. The van der Waals surface area contributed by atoms with Gasteiger partial charge < -0.3 is 0 Å². The van der Waals surface area contributed by atoms with Crippen molar-refractivity contribution in [2.24, 2.45) is 5.92 Å². The number of hydrogen-bond donors (Lipinski definition) is 1. The van der Waals surface area contributed by atoms with Crippen LogP contribution in [-0.2, 0) is 6.42 Å². The molecule has 0 amide bonds. The van der Waals surface area contributed by atoms with Crippen LogP contribution >= 0.6 is 24.0 Å². The lowest BCUT2D eigenvalue weighted by molar-refractivity contribution is 0.667. The largest absolute Gasteiger partial charge is 0.143 e. The molecule has 0 atom stereocenters. The van der Waals surface area contributed by atoms with Crippen molar-refractivity contribution in [2.45, 2.75) is 52.9 Å². The Morgan fingerprint density at radius 3 is 2.68 bits per heavy atom. The lowest BCUT2D eigenvalue weighted by Gasteiger charge is -2.01. The lowest BCUT2D eigenvalue weighted by Crippen LogP contribution is -1.86. The minimum atomic E-state index is 0.595. The Morgan fingerprint density at radius 1 is 1.37 bits per heavy atom. The fourth-order valence-corrected chi connectivity index (χ4v) is 3.14. The van der Waals surface area contributed by atoms with Crippen LogP contribution in [0.1, 0.15) is 61.8 Å². The Kier molecular flexibility index (Phi) is 7.55. The summed E-state index contributed by atoms with van der Waals surface area (Å²) in [7, 11) is 0. The van der Waals surface area contributed by atoms with Gasteiger partial charge in [0.2, 0.25) is 0 Å². The molecule has 0 bridgehead atoms. The van der Waals surface area contributed by atoms with Gasteiger partial charge >= 0.3 is 0 Å². The second kappa shape index (κ2) is 8.65. The number of unbranched alkanes of at least 4 members (excludes halogenated alkanes) is 3. The summed E-state index contributed by atoms with van der Waals surface area (Å²) < 4.78 is 0. The third-order valence-electron chi connectivity index (χ3n) is 3.06. The maximum absolute atomic E-state index is 4.37. The van der Waals surface area contributed by atoms with Gasteiger partial charge in [-0.3, -0.25) is 0 Å². The van der Waals surface area contributed by atoms with Crippen molar-refractivity contribution in [2.75, 3.05) is 0 Å². The van der Waals surface area contributed by atoms with Gasteiger partial charge in [0, 0.05) is 14.7 Å². The molecule has 0 fully saturated rings. The monoisotopic (exact) mass is 294 g/mol. The smallest absolute Gasteiger partial charge is 0.0406 e. The topological polar surface area (TPSA) is 0 Å². The Morgan fingerprint density at radius 2 is 2.11 bits per heavy atom. The van der Waals surface area contributed by atoms with E-state index in [0.717, 1.165) is 4.91 Å². The quantitative estimate of drug-likeness (QED) is 0.414. The third kappa shape index (κ3) is 6.01. The van der Waals surface area contributed by atoms with Crippen LogP contribution in [0.3, 0.4) is 0 Å². The number of thiophene rings is 1. The summed E-state index contributed by atoms with van der Waals surface area (Å²) in [5.74, 6) is 0.595. The van der Waals surface area contributed by atoms with Crippen molar-refractivity contribution in [3.63, 3.8) is 0 Å². The fraction of sp³-hybridized carbons (Fsp3) is 0.529. The Balaban J connectivity index is 2.77. The van der Waals surface area contributed by atoms with E-state index in [0.29, 0.717) is 5.92 Å². The Bertz CT molecular complexity index is 424. The molecular weight excluding hydrogens is 268 g/mol. The van der Waals surface area contributed by atoms with Crippen LogP contribution in [-0.4, -0.2) is 0 Å². The molecule has 1 heterocycles. The zero-order chi connectivity index (χ0) is 14.3. The minimum Gasteiger partial charge on any atom is -0.143 e. The standard InChI is InChI=1S/C17H26S2/c1-5-6-7-8-9-15-12-17(14(4)18)19-16(15)11-10-13(2)3/h10-13,18H,4-9H2,1-3H3/b11-10+. The number of thiol groups is 1. The highest BCUT2D eigenvalue weighted by Gasteiger charge is 2.08. The second-order valence-corrected chi connectivity index (χ2v) is 6.98. The van der Waals surface area contributed by atoms with Gasteiger partial charge in [-0.05, 0) is 36.5 Å². The summed E-state index contributed by atoms with van der Waals surface area (Å²) in [5.41, 5.74) is 1.46. The van der Waals surface area contributed by atoms with Crippen LogP contribution in [0.5, 0.6) is 0 Å². The first kappa shape index (κ1) is 16.6. The molecule has 0 aliphatic carbocycles. The van der Waals surface area contributed by atoms with Crippen LogP contribution < -0.4 is 0 Å². The van der Waals surface area contributed by atoms with Gasteiger partial charge in [0.05, 0.1) is 0 Å². The molecule has 0 spiro atoms. The highest BCUT2D eigenvalue weighted by Crippen LogP contribution is 2.31. The molecule has 0 aromatic carbocycles.